The molecule has 1 saturated heterocycles. The van der Waals surface area contributed by atoms with Gasteiger partial charge < -0.3 is 15.0 Å². The van der Waals surface area contributed by atoms with Crippen LogP contribution >= 0.6 is 24.2 Å². The highest BCUT2D eigenvalue weighted by molar-refractivity contribution is 7.80. The fourth-order valence-corrected chi connectivity index (χ4v) is 3.59. The van der Waals surface area contributed by atoms with E-state index in [-0.39, 0.29) is 17.9 Å². The molecule has 5 nitrogen and oxygen atoms in total. The van der Waals surface area contributed by atoms with Gasteiger partial charge in [-0.3, -0.25) is 9.59 Å². The van der Waals surface area contributed by atoms with Gasteiger partial charge in [0.1, 0.15) is 5.75 Å². The SMILES string of the molecule is CC(Oc1ccc(Cl)cc1)C(=O)N1CCC(NC(=O)c2ccccc2S)CC1. The van der Waals surface area contributed by atoms with Gasteiger partial charge in [0.2, 0.25) is 0 Å². The van der Waals surface area contributed by atoms with Gasteiger partial charge in [-0.15, -0.1) is 12.6 Å². The minimum Gasteiger partial charge on any atom is -0.481 e. The lowest BCUT2D eigenvalue weighted by Gasteiger charge is -2.34. The predicted octanol–water partition coefficient (Wildman–Crippen LogP) is 3.82. The molecular weight excluding hydrogens is 396 g/mol. The lowest BCUT2D eigenvalue weighted by atomic mass is 10.0. The molecule has 28 heavy (non-hydrogen) atoms. The number of halogens is 1. The Balaban J connectivity index is 1.49. The quantitative estimate of drug-likeness (QED) is 0.726. The third kappa shape index (κ3) is 5.20. The van der Waals surface area contributed by atoms with Crippen molar-refractivity contribution >= 4 is 36.0 Å². The number of nitrogens with zero attached hydrogens (tertiary/aromatic N) is 1. The summed E-state index contributed by atoms with van der Waals surface area (Å²) in [5.74, 6) is 0.424. The summed E-state index contributed by atoms with van der Waals surface area (Å²) in [5.41, 5.74) is 0.564. The average molecular weight is 419 g/mol. The van der Waals surface area contributed by atoms with E-state index in [2.05, 4.69) is 17.9 Å². The summed E-state index contributed by atoms with van der Waals surface area (Å²) in [7, 11) is 0. The summed E-state index contributed by atoms with van der Waals surface area (Å²) < 4.78 is 5.72. The normalized spacial score (nSPS) is 15.8. The van der Waals surface area contributed by atoms with Crippen molar-refractivity contribution in [1.82, 2.24) is 10.2 Å². The van der Waals surface area contributed by atoms with Crippen molar-refractivity contribution in [1.29, 1.82) is 0 Å². The van der Waals surface area contributed by atoms with E-state index < -0.39 is 6.10 Å². The maximum Gasteiger partial charge on any atom is 0.263 e. The minimum atomic E-state index is -0.580. The molecule has 1 unspecified atom stereocenters. The number of nitrogens with one attached hydrogen (secondary N) is 1. The van der Waals surface area contributed by atoms with E-state index in [1.165, 1.54) is 0 Å². The number of carbonyl (C=O) groups excluding carboxylic acids is 2. The summed E-state index contributed by atoms with van der Waals surface area (Å²) in [6, 6.07) is 14.2. The topological polar surface area (TPSA) is 58.6 Å². The molecule has 1 aliphatic heterocycles. The fraction of sp³-hybridized carbons (Fsp3) is 0.333. The zero-order valence-electron chi connectivity index (χ0n) is 15.6. The number of piperidine rings is 1. The lowest BCUT2D eigenvalue weighted by Crippen LogP contribution is -2.49. The first-order valence-electron chi connectivity index (χ1n) is 9.24. The van der Waals surface area contributed by atoms with Crippen molar-refractivity contribution in [2.75, 3.05) is 13.1 Å². The Morgan fingerprint density at radius 3 is 2.43 bits per heavy atom. The number of carbonyl (C=O) groups is 2. The van der Waals surface area contributed by atoms with E-state index in [0.29, 0.717) is 47.2 Å². The molecule has 0 radical (unpaired) electrons. The van der Waals surface area contributed by atoms with E-state index in [1.54, 1.807) is 48.2 Å². The third-order valence-electron chi connectivity index (χ3n) is 4.76. The van der Waals surface area contributed by atoms with Crippen LogP contribution in [0.25, 0.3) is 0 Å². The number of ether oxygens (including phenoxy) is 1. The van der Waals surface area contributed by atoms with Crippen LogP contribution in [0.4, 0.5) is 0 Å². The third-order valence-corrected chi connectivity index (χ3v) is 5.41. The number of rotatable bonds is 5. The summed E-state index contributed by atoms with van der Waals surface area (Å²) in [6.07, 6.45) is 0.836. The lowest BCUT2D eigenvalue weighted by molar-refractivity contribution is -0.139. The molecule has 7 heteroatoms. The van der Waals surface area contributed by atoms with Crippen LogP contribution in [0.3, 0.4) is 0 Å². The highest BCUT2D eigenvalue weighted by Crippen LogP contribution is 2.19. The van der Waals surface area contributed by atoms with E-state index in [9.17, 15) is 9.59 Å². The Morgan fingerprint density at radius 2 is 1.79 bits per heavy atom. The molecular formula is C21H23ClN2O3S. The molecule has 1 fully saturated rings. The molecule has 3 rings (SSSR count). The second-order valence-corrected chi connectivity index (χ2v) is 7.72. The first-order chi connectivity index (χ1) is 13.4. The van der Waals surface area contributed by atoms with Crippen LogP contribution in [-0.4, -0.2) is 41.9 Å². The highest BCUT2D eigenvalue weighted by atomic mass is 35.5. The number of amides is 2. The largest absolute Gasteiger partial charge is 0.481 e. The Morgan fingerprint density at radius 1 is 1.14 bits per heavy atom. The first-order valence-corrected chi connectivity index (χ1v) is 10.1. The first kappa shape index (κ1) is 20.6. The molecule has 1 atom stereocenters. The van der Waals surface area contributed by atoms with E-state index in [1.807, 2.05) is 12.1 Å². The maximum absolute atomic E-state index is 12.6. The highest BCUT2D eigenvalue weighted by Gasteiger charge is 2.28. The molecule has 0 bridgehead atoms. The van der Waals surface area contributed by atoms with Crippen molar-refractivity contribution in [3.63, 3.8) is 0 Å². The van der Waals surface area contributed by atoms with Crippen LogP contribution in [0.5, 0.6) is 5.75 Å². The average Bonchev–Trinajstić information content (AvgIpc) is 2.70. The molecule has 2 amide bonds. The molecule has 0 aliphatic carbocycles. The monoisotopic (exact) mass is 418 g/mol. The standard InChI is InChI=1S/C21H23ClN2O3S/c1-14(27-17-8-6-15(22)7-9-17)21(26)24-12-10-16(11-13-24)23-20(25)18-4-2-3-5-19(18)28/h2-9,14,16,28H,10-13H2,1H3,(H,23,25). The van der Waals surface area contributed by atoms with Gasteiger partial charge in [-0.25, -0.2) is 0 Å². The molecule has 1 N–H and O–H groups in total. The van der Waals surface area contributed by atoms with Crippen molar-refractivity contribution in [2.24, 2.45) is 0 Å². The van der Waals surface area contributed by atoms with Crippen molar-refractivity contribution in [3.8, 4) is 5.75 Å². The summed E-state index contributed by atoms with van der Waals surface area (Å²) in [5, 5.41) is 3.66. The van der Waals surface area contributed by atoms with E-state index in [4.69, 9.17) is 16.3 Å². The minimum absolute atomic E-state index is 0.0389. The Bertz CT molecular complexity index is 836. The second-order valence-electron chi connectivity index (χ2n) is 6.80. The van der Waals surface area contributed by atoms with Gasteiger partial charge >= 0.3 is 0 Å². The van der Waals surface area contributed by atoms with Gasteiger partial charge in [-0.05, 0) is 56.2 Å². The zero-order valence-corrected chi connectivity index (χ0v) is 17.2. The van der Waals surface area contributed by atoms with Crippen LogP contribution in [0, 0.1) is 0 Å². The summed E-state index contributed by atoms with van der Waals surface area (Å²) in [6.45, 7) is 2.91. The molecule has 148 valence electrons. The van der Waals surface area contributed by atoms with Gasteiger partial charge in [-0.2, -0.15) is 0 Å². The van der Waals surface area contributed by atoms with Crippen LogP contribution in [-0.2, 0) is 4.79 Å². The van der Waals surface area contributed by atoms with E-state index >= 15 is 0 Å². The van der Waals surface area contributed by atoms with Crippen molar-refractivity contribution in [2.45, 2.75) is 36.8 Å². The number of likely N-dealkylation sites (tertiary alicyclic amines) is 1. The molecule has 2 aromatic rings. The fourth-order valence-electron chi connectivity index (χ4n) is 3.20. The van der Waals surface area contributed by atoms with Crippen LogP contribution in [0.1, 0.15) is 30.1 Å². The van der Waals surface area contributed by atoms with Gasteiger partial charge in [0, 0.05) is 29.0 Å². The predicted molar refractivity (Wildman–Crippen MR) is 112 cm³/mol. The number of benzene rings is 2. The van der Waals surface area contributed by atoms with Gasteiger partial charge in [0.05, 0.1) is 5.56 Å². The van der Waals surface area contributed by atoms with Gasteiger partial charge in [0.15, 0.2) is 6.10 Å². The van der Waals surface area contributed by atoms with Crippen LogP contribution < -0.4 is 10.1 Å². The second kappa shape index (κ2) is 9.34. The number of hydrogen-bond acceptors (Lipinski definition) is 4. The molecule has 0 aromatic heterocycles. The molecule has 1 aliphatic rings. The Kier molecular flexibility index (Phi) is 6.86. The van der Waals surface area contributed by atoms with Crippen molar-refractivity contribution < 1.29 is 14.3 Å². The van der Waals surface area contributed by atoms with Crippen LogP contribution in [0.15, 0.2) is 53.4 Å². The zero-order chi connectivity index (χ0) is 20.1. The Hall–Kier alpha value is -2.18. The maximum atomic E-state index is 12.6. The van der Waals surface area contributed by atoms with Gasteiger partial charge in [-0.1, -0.05) is 23.7 Å². The smallest absolute Gasteiger partial charge is 0.263 e. The molecule has 0 saturated carbocycles. The molecule has 0 spiro atoms. The number of thiol groups is 1. The van der Waals surface area contributed by atoms with Crippen LogP contribution in [0.2, 0.25) is 5.02 Å². The van der Waals surface area contributed by atoms with Crippen molar-refractivity contribution in [3.05, 3.63) is 59.1 Å². The molecule has 1 heterocycles. The summed E-state index contributed by atoms with van der Waals surface area (Å²) >= 11 is 10.2. The summed E-state index contributed by atoms with van der Waals surface area (Å²) in [4.78, 5) is 27.5. The Labute approximate surface area is 175 Å². The number of hydrogen-bond donors (Lipinski definition) is 2. The van der Waals surface area contributed by atoms with E-state index in [0.717, 1.165) is 0 Å². The molecule has 2 aromatic carbocycles. The van der Waals surface area contributed by atoms with Gasteiger partial charge in [0.25, 0.3) is 11.8 Å².